The fraction of sp³-hybridized carbons (Fsp3) is 0.222. The average Bonchev–Trinajstić information content (AvgIpc) is 3.55. The normalized spacial score (nSPS) is 14.9. The maximum absolute atomic E-state index is 14.7. The Hall–Kier alpha value is -4.81. The fourth-order valence-electron chi connectivity index (χ4n) is 5.13. The number of halogens is 4. The van der Waals surface area contributed by atoms with Gasteiger partial charge in [0.15, 0.2) is 17.5 Å². The number of para-hydroxylation sites is 1. The molecule has 3 heterocycles. The summed E-state index contributed by atoms with van der Waals surface area (Å²) < 4.78 is 70.3. The Balaban J connectivity index is 1.50. The number of carbonyl (C=O) groups is 1. The lowest BCUT2D eigenvalue weighted by Gasteiger charge is -2.26. The summed E-state index contributed by atoms with van der Waals surface area (Å²) in [5.74, 6) is -1.32. The second-order valence-corrected chi connectivity index (χ2v) is 9.43. The first-order valence-corrected chi connectivity index (χ1v) is 12.0. The highest BCUT2D eigenvalue weighted by Gasteiger charge is 2.43. The SMILES string of the molecule is Cn1c(N2Cc3ccc4c(c3C2)OCO4)nc2c(C(Nc3ccccc3C(=O)O)C(F)(F)F)cc(F)cc2c1=O. The minimum Gasteiger partial charge on any atom is -0.478 e. The van der Waals surface area contributed by atoms with Crippen LogP contribution in [-0.2, 0) is 20.1 Å². The molecule has 2 N–H and O–H groups in total. The van der Waals surface area contributed by atoms with Crippen molar-refractivity contribution in [3.63, 3.8) is 0 Å². The minimum absolute atomic E-state index is 0.0598. The molecule has 0 aliphatic carbocycles. The number of hydrogen-bond donors (Lipinski definition) is 2. The number of rotatable bonds is 5. The summed E-state index contributed by atoms with van der Waals surface area (Å²) in [5, 5.41) is 11.3. The standard InChI is InChI=1S/C27H20F4N4O5/c1-34-24(36)17-9-14(28)8-16(23(27(29,30)31)32-19-5-3-2-4-15(19)25(37)38)21(17)33-26(34)35-10-13-6-7-20-22(18(13)11-35)40-12-39-20/h2-9,23,32H,10-12H2,1H3,(H,37,38). The van der Waals surface area contributed by atoms with Crippen molar-refractivity contribution in [3.05, 3.63) is 87.0 Å². The third-order valence-electron chi connectivity index (χ3n) is 6.98. The van der Waals surface area contributed by atoms with Gasteiger partial charge in [-0.15, -0.1) is 0 Å². The molecule has 0 fully saturated rings. The van der Waals surface area contributed by atoms with Crippen LogP contribution in [0.1, 0.15) is 33.1 Å². The van der Waals surface area contributed by atoms with Crippen LogP contribution in [0.15, 0.2) is 53.3 Å². The lowest BCUT2D eigenvalue weighted by atomic mass is 10.0. The molecule has 1 unspecified atom stereocenters. The van der Waals surface area contributed by atoms with E-state index >= 15 is 0 Å². The second-order valence-electron chi connectivity index (χ2n) is 9.43. The van der Waals surface area contributed by atoms with Gasteiger partial charge in [0.2, 0.25) is 12.7 Å². The molecule has 4 aromatic rings. The van der Waals surface area contributed by atoms with Gasteiger partial charge in [-0.1, -0.05) is 18.2 Å². The van der Waals surface area contributed by atoms with Crippen molar-refractivity contribution in [1.29, 1.82) is 0 Å². The topological polar surface area (TPSA) is 106 Å². The first kappa shape index (κ1) is 25.5. The van der Waals surface area contributed by atoms with E-state index < -0.39 is 40.7 Å². The van der Waals surface area contributed by atoms with Crippen LogP contribution in [0.5, 0.6) is 11.5 Å². The summed E-state index contributed by atoms with van der Waals surface area (Å²) in [7, 11) is 1.41. The molecule has 1 atom stereocenters. The van der Waals surface area contributed by atoms with Crippen LogP contribution in [0.3, 0.4) is 0 Å². The van der Waals surface area contributed by atoms with Crippen molar-refractivity contribution in [2.75, 3.05) is 17.0 Å². The molecule has 0 radical (unpaired) electrons. The number of ether oxygens (including phenoxy) is 2. The summed E-state index contributed by atoms with van der Waals surface area (Å²) in [6.07, 6.45) is -5.02. The maximum atomic E-state index is 14.7. The Labute approximate surface area is 223 Å². The average molecular weight is 556 g/mol. The third-order valence-corrected chi connectivity index (χ3v) is 6.98. The number of hydrogen-bond acceptors (Lipinski definition) is 7. The van der Waals surface area contributed by atoms with Gasteiger partial charge in [-0.2, -0.15) is 13.2 Å². The summed E-state index contributed by atoms with van der Waals surface area (Å²) in [5.41, 5.74) is -0.811. The van der Waals surface area contributed by atoms with Gasteiger partial charge in [-0.05, 0) is 35.9 Å². The molecule has 6 rings (SSSR count). The van der Waals surface area contributed by atoms with Crippen LogP contribution in [-0.4, -0.2) is 33.6 Å². The van der Waals surface area contributed by atoms with Crippen LogP contribution in [0.25, 0.3) is 10.9 Å². The zero-order chi connectivity index (χ0) is 28.3. The number of carboxylic acids is 1. The molecule has 3 aromatic carbocycles. The highest BCUT2D eigenvalue weighted by molar-refractivity contribution is 5.94. The number of carboxylic acid groups (broad SMARTS) is 1. The van der Waals surface area contributed by atoms with E-state index in [0.29, 0.717) is 24.1 Å². The summed E-state index contributed by atoms with van der Waals surface area (Å²) in [6.45, 7) is 0.600. The summed E-state index contributed by atoms with van der Waals surface area (Å²) in [4.78, 5) is 31.2. The lowest BCUT2D eigenvalue weighted by molar-refractivity contribution is -0.143. The molecule has 0 saturated carbocycles. The molecule has 0 saturated heterocycles. The van der Waals surface area contributed by atoms with E-state index in [9.17, 15) is 32.3 Å². The number of anilines is 2. The third kappa shape index (κ3) is 4.14. The highest BCUT2D eigenvalue weighted by Crippen LogP contribution is 2.43. The van der Waals surface area contributed by atoms with Crippen molar-refractivity contribution >= 4 is 28.5 Å². The van der Waals surface area contributed by atoms with Gasteiger partial charge in [-0.25, -0.2) is 14.2 Å². The minimum atomic E-state index is -5.02. The smallest absolute Gasteiger partial charge is 0.412 e. The Kier molecular flexibility index (Phi) is 5.82. The molecule has 206 valence electrons. The molecule has 0 spiro atoms. The molecule has 0 amide bonds. The molecule has 40 heavy (non-hydrogen) atoms. The highest BCUT2D eigenvalue weighted by atomic mass is 19.4. The van der Waals surface area contributed by atoms with Gasteiger partial charge in [0.25, 0.3) is 5.56 Å². The first-order chi connectivity index (χ1) is 19.0. The zero-order valence-electron chi connectivity index (χ0n) is 20.8. The van der Waals surface area contributed by atoms with Crippen molar-refractivity contribution < 1.29 is 36.9 Å². The van der Waals surface area contributed by atoms with Gasteiger partial charge < -0.3 is 24.8 Å². The fourth-order valence-corrected chi connectivity index (χ4v) is 5.13. The Bertz CT molecular complexity index is 1750. The van der Waals surface area contributed by atoms with E-state index in [0.717, 1.165) is 27.8 Å². The first-order valence-electron chi connectivity index (χ1n) is 12.0. The lowest BCUT2D eigenvalue weighted by Crippen LogP contribution is -2.31. The molecule has 1 aromatic heterocycles. The number of fused-ring (bicyclic) bond motifs is 4. The Morgan fingerprint density at radius 1 is 1.12 bits per heavy atom. The Morgan fingerprint density at radius 2 is 1.90 bits per heavy atom. The molecule has 2 aliphatic rings. The van der Waals surface area contributed by atoms with Crippen molar-refractivity contribution in [2.24, 2.45) is 7.05 Å². The van der Waals surface area contributed by atoms with E-state index in [1.54, 1.807) is 11.0 Å². The quantitative estimate of drug-likeness (QED) is 0.340. The maximum Gasteiger partial charge on any atom is 0.412 e. The molecular formula is C27H20F4N4O5. The zero-order valence-corrected chi connectivity index (χ0v) is 20.8. The largest absolute Gasteiger partial charge is 0.478 e. The number of nitrogens with zero attached hydrogens (tertiary/aromatic N) is 3. The second kappa shape index (κ2) is 9.14. The van der Waals surface area contributed by atoms with Gasteiger partial charge in [0.05, 0.1) is 23.0 Å². The van der Waals surface area contributed by atoms with E-state index in [1.165, 1.54) is 25.2 Å². The predicted octanol–water partition coefficient (Wildman–Crippen LogP) is 4.74. The molecular weight excluding hydrogens is 536 g/mol. The molecule has 0 bridgehead atoms. The number of nitrogens with one attached hydrogen (secondary N) is 1. The van der Waals surface area contributed by atoms with Crippen molar-refractivity contribution in [2.45, 2.75) is 25.3 Å². The van der Waals surface area contributed by atoms with Crippen LogP contribution in [0.4, 0.5) is 29.2 Å². The van der Waals surface area contributed by atoms with Gasteiger partial charge in [0.1, 0.15) is 5.82 Å². The number of aromatic carboxylic acids is 1. The molecule has 2 aliphatic heterocycles. The molecule has 9 nitrogen and oxygen atoms in total. The Morgan fingerprint density at radius 3 is 2.65 bits per heavy atom. The predicted molar refractivity (Wildman–Crippen MR) is 135 cm³/mol. The van der Waals surface area contributed by atoms with Crippen molar-refractivity contribution in [1.82, 2.24) is 9.55 Å². The number of alkyl halides is 3. The van der Waals surface area contributed by atoms with Crippen LogP contribution in [0.2, 0.25) is 0 Å². The van der Waals surface area contributed by atoms with E-state index in [-0.39, 0.29) is 35.9 Å². The monoisotopic (exact) mass is 556 g/mol. The van der Waals surface area contributed by atoms with E-state index in [1.807, 2.05) is 6.07 Å². The van der Waals surface area contributed by atoms with Gasteiger partial charge in [0, 0.05) is 30.4 Å². The van der Waals surface area contributed by atoms with Crippen LogP contribution >= 0.6 is 0 Å². The van der Waals surface area contributed by atoms with Gasteiger partial charge in [-0.3, -0.25) is 9.36 Å². The van der Waals surface area contributed by atoms with E-state index in [2.05, 4.69) is 10.3 Å². The van der Waals surface area contributed by atoms with Crippen molar-refractivity contribution in [3.8, 4) is 11.5 Å². The molecule has 13 heteroatoms. The summed E-state index contributed by atoms with van der Waals surface area (Å²) >= 11 is 0. The van der Waals surface area contributed by atoms with Crippen LogP contribution in [0, 0.1) is 5.82 Å². The number of benzene rings is 3. The number of aromatic nitrogens is 2. The van der Waals surface area contributed by atoms with E-state index in [4.69, 9.17) is 9.47 Å². The van der Waals surface area contributed by atoms with Gasteiger partial charge >= 0.3 is 12.1 Å². The van der Waals surface area contributed by atoms with Crippen LogP contribution < -0.4 is 25.2 Å². The summed E-state index contributed by atoms with van der Waals surface area (Å²) in [6, 6.07) is 7.57.